The second-order valence-corrected chi connectivity index (χ2v) is 5.70. The van der Waals surface area contributed by atoms with Crippen molar-refractivity contribution in [2.24, 2.45) is 0 Å². The van der Waals surface area contributed by atoms with Crippen LogP contribution in [0.1, 0.15) is 0 Å². The first-order valence-electron chi connectivity index (χ1n) is 5.85. The smallest absolute Gasteiger partial charge is 0.407 e. The second kappa shape index (κ2) is 5.66. The maximum Gasteiger partial charge on any atom is 0.407 e. The molecule has 7 heteroatoms. The lowest BCUT2D eigenvalue weighted by molar-refractivity contribution is 0.142. The lowest BCUT2D eigenvalue weighted by atomic mass is 10.2. The molecule has 0 aliphatic carbocycles. The van der Waals surface area contributed by atoms with Gasteiger partial charge < -0.3 is 19.5 Å². The molecule has 5 nitrogen and oxygen atoms in total. The highest BCUT2D eigenvalue weighted by Crippen LogP contribution is 2.23. The fourth-order valence-corrected chi connectivity index (χ4v) is 2.59. The van der Waals surface area contributed by atoms with Gasteiger partial charge in [0, 0.05) is 32.2 Å². The minimum Gasteiger partial charge on any atom is -0.612 e. The summed E-state index contributed by atoms with van der Waals surface area (Å²) in [4.78, 5) is 14.3. The number of halogens is 1. The second-order valence-electron chi connectivity index (χ2n) is 4.32. The molecule has 1 amide bonds. The minimum atomic E-state index is -1.21. The normalized spacial score (nSPS) is 17.4. The molecule has 1 aliphatic rings. The Kier molecular flexibility index (Phi) is 4.16. The number of hydrogen-bond donors (Lipinski definition) is 1. The standard InChI is InChI=1S/C12H15FN2O3S/c1-19(18)9-2-3-11(10(13)8-9)14-4-6-15(7-5-14)12(16)17/h2-3,8H,4-7H2,1H3,(H,16,17)/t19-/m1/s1. The number of amides is 1. The van der Waals surface area contributed by atoms with Crippen molar-refractivity contribution in [1.29, 1.82) is 0 Å². The van der Waals surface area contributed by atoms with Crippen LogP contribution in [0.2, 0.25) is 0 Å². The Morgan fingerprint density at radius 1 is 1.37 bits per heavy atom. The fraction of sp³-hybridized carbons (Fsp3) is 0.417. The molecule has 1 saturated heterocycles. The van der Waals surface area contributed by atoms with Gasteiger partial charge in [-0.3, -0.25) is 0 Å². The monoisotopic (exact) mass is 286 g/mol. The number of hydrogen-bond acceptors (Lipinski definition) is 3. The molecule has 1 heterocycles. The zero-order valence-electron chi connectivity index (χ0n) is 10.5. The molecule has 0 bridgehead atoms. The van der Waals surface area contributed by atoms with Crippen molar-refractivity contribution < 1.29 is 18.8 Å². The quantitative estimate of drug-likeness (QED) is 0.834. The third kappa shape index (κ3) is 3.10. The molecule has 0 unspecified atom stereocenters. The predicted molar refractivity (Wildman–Crippen MR) is 70.5 cm³/mol. The first-order chi connectivity index (χ1) is 8.99. The average Bonchev–Trinajstić information content (AvgIpc) is 2.38. The van der Waals surface area contributed by atoms with Gasteiger partial charge in [-0.25, -0.2) is 9.18 Å². The van der Waals surface area contributed by atoms with E-state index in [1.807, 2.05) is 0 Å². The van der Waals surface area contributed by atoms with Crippen LogP contribution >= 0.6 is 0 Å². The van der Waals surface area contributed by atoms with Gasteiger partial charge >= 0.3 is 6.09 Å². The minimum absolute atomic E-state index is 0.357. The van der Waals surface area contributed by atoms with Crippen LogP contribution in [0.5, 0.6) is 0 Å². The van der Waals surface area contributed by atoms with Crippen molar-refractivity contribution >= 4 is 23.0 Å². The topological polar surface area (TPSA) is 66.8 Å². The van der Waals surface area contributed by atoms with Crippen LogP contribution in [0.4, 0.5) is 14.9 Å². The molecule has 0 radical (unpaired) electrons. The summed E-state index contributed by atoms with van der Waals surface area (Å²) in [6.07, 6.45) is 0.553. The van der Waals surface area contributed by atoms with E-state index in [1.54, 1.807) is 17.0 Å². The lowest BCUT2D eigenvalue weighted by Crippen LogP contribution is -2.48. The highest BCUT2D eigenvalue weighted by atomic mass is 32.2. The number of nitrogens with zero attached hydrogens (tertiary/aromatic N) is 2. The summed E-state index contributed by atoms with van der Waals surface area (Å²) < 4.78 is 25.2. The van der Waals surface area contributed by atoms with Crippen LogP contribution in [0.25, 0.3) is 0 Å². The van der Waals surface area contributed by atoms with Gasteiger partial charge in [0.05, 0.1) is 5.69 Å². The first-order valence-corrected chi connectivity index (χ1v) is 7.40. The van der Waals surface area contributed by atoms with E-state index >= 15 is 0 Å². The first kappa shape index (κ1) is 14.0. The molecular formula is C12H15FN2O3S. The molecule has 1 N–H and O–H groups in total. The van der Waals surface area contributed by atoms with E-state index in [0.29, 0.717) is 36.8 Å². The summed E-state index contributed by atoms with van der Waals surface area (Å²) in [5.41, 5.74) is 0.430. The number of rotatable bonds is 2. The van der Waals surface area contributed by atoms with Crippen molar-refractivity contribution in [3.8, 4) is 0 Å². The van der Waals surface area contributed by atoms with Gasteiger partial charge in [-0.2, -0.15) is 0 Å². The molecule has 1 aliphatic heterocycles. The van der Waals surface area contributed by atoms with Crippen LogP contribution in [-0.2, 0) is 11.2 Å². The molecule has 1 aromatic carbocycles. The Balaban J connectivity index is 2.09. The van der Waals surface area contributed by atoms with Gasteiger partial charge in [-0.1, -0.05) is 0 Å². The van der Waals surface area contributed by atoms with E-state index in [-0.39, 0.29) is 0 Å². The average molecular weight is 286 g/mol. The summed E-state index contributed by atoms with van der Waals surface area (Å²) in [5, 5.41) is 8.85. The van der Waals surface area contributed by atoms with Crippen molar-refractivity contribution in [1.82, 2.24) is 4.90 Å². The molecule has 19 heavy (non-hydrogen) atoms. The van der Waals surface area contributed by atoms with E-state index in [4.69, 9.17) is 5.11 Å². The molecule has 1 fully saturated rings. The van der Waals surface area contributed by atoms with E-state index in [1.165, 1.54) is 17.2 Å². The zero-order valence-corrected chi connectivity index (χ0v) is 11.3. The Hall–Kier alpha value is -1.47. The molecule has 1 atom stereocenters. The number of carbonyl (C=O) groups is 1. The number of anilines is 1. The highest BCUT2D eigenvalue weighted by molar-refractivity contribution is 7.90. The maximum atomic E-state index is 13.9. The summed E-state index contributed by atoms with van der Waals surface area (Å²) in [6, 6.07) is 4.51. The largest absolute Gasteiger partial charge is 0.612 e. The van der Waals surface area contributed by atoms with E-state index in [2.05, 4.69) is 0 Å². The molecular weight excluding hydrogens is 271 g/mol. The van der Waals surface area contributed by atoms with E-state index < -0.39 is 23.1 Å². The Morgan fingerprint density at radius 3 is 2.47 bits per heavy atom. The summed E-state index contributed by atoms with van der Waals surface area (Å²) in [5.74, 6) is -0.420. The van der Waals surface area contributed by atoms with Gasteiger partial charge in [0.2, 0.25) is 0 Å². The van der Waals surface area contributed by atoms with Crippen molar-refractivity contribution in [3.05, 3.63) is 24.0 Å². The van der Waals surface area contributed by atoms with Crippen LogP contribution in [-0.4, -0.2) is 53.1 Å². The van der Waals surface area contributed by atoms with E-state index in [9.17, 15) is 13.7 Å². The third-order valence-electron chi connectivity index (χ3n) is 3.14. The van der Waals surface area contributed by atoms with Crippen LogP contribution in [0, 0.1) is 5.82 Å². The van der Waals surface area contributed by atoms with Crippen molar-refractivity contribution in [2.45, 2.75) is 4.90 Å². The molecule has 2 rings (SSSR count). The lowest BCUT2D eigenvalue weighted by Gasteiger charge is -2.34. The van der Waals surface area contributed by atoms with Gasteiger partial charge in [0.25, 0.3) is 0 Å². The fourth-order valence-electron chi connectivity index (χ4n) is 2.06. The Bertz CT molecular complexity index is 476. The molecule has 0 aromatic heterocycles. The van der Waals surface area contributed by atoms with Crippen LogP contribution in [0.3, 0.4) is 0 Å². The third-order valence-corrected chi connectivity index (χ3v) is 4.06. The molecule has 1 aromatic rings. The molecule has 0 saturated carbocycles. The number of piperazine rings is 1. The SMILES string of the molecule is C[S@@+]([O-])c1ccc(N2CCN(C(=O)O)CC2)c(F)c1. The molecule has 104 valence electrons. The Labute approximate surface area is 113 Å². The maximum absolute atomic E-state index is 13.9. The van der Waals surface area contributed by atoms with Gasteiger partial charge in [0.15, 0.2) is 10.7 Å². The highest BCUT2D eigenvalue weighted by Gasteiger charge is 2.22. The summed E-state index contributed by atoms with van der Waals surface area (Å²) >= 11 is -1.21. The predicted octanol–water partition coefficient (Wildman–Crippen LogP) is 1.36. The van der Waals surface area contributed by atoms with Crippen molar-refractivity contribution in [2.75, 3.05) is 37.3 Å². The van der Waals surface area contributed by atoms with Gasteiger partial charge in [-0.15, -0.1) is 0 Å². The Morgan fingerprint density at radius 2 is 2.00 bits per heavy atom. The summed E-state index contributed by atoms with van der Waals surface area (Å²) in [7, 11) is 0. The van der Waals surface area contributed by atoms with Crippen molar-refractivity contribution in [3.63, 3.8) is 0 Å². The van der Waals surface area contributed by atoms with Gasteiger partial charge in [0.1, 0.15) is 6.26 Å². The summed E-state index contributed by atoms with van der Waals surface area (Å²) in [6.45, 7) is 1.63. The molecule has 0 spiro atoms. The van der Waals surface area contributed by atoms with Gasteiger partial charge in [-0.05, 0) is 23.3 Å². The zero-order chi connectivity index (χ0) is 14.0. The number of carboxylic acid groups (broad SMARTS) is 1. The van der Waals surface area contributed by atoms with Crippen LogP contribution in [0.15, 0.2) is 23.1 Å². The van der Waals surface area contributed by atoms with Crippen LogP contribution < -0.4 is 4.90 Å². The number of benzene rings is 1. The van der Waals surface area contributed by atoms with E-state index in [0.717, 1.165) is 0 Å².